The van der Waals surface area contributed by atoms with Crippen molar-refractivity contribution in [3.05, 3.63) is 41.0 Å². The molecule has 126 valence electrons. The number of amides is 1. The van der Waals surface area contributed by atoms with Crippen molar-refractivity contribution in [2.45, 2.75) is 25.3 Å². The highest BCUT2D eigenvalue weighted by atomic mass is 35.5. The summed E-state index contributed by atoms with van der Waals surface area (Å²) in [5.41, 5.74) is 6.98. The zero-order chi connectivity index (χ0) is 14.8. The molecule has 0 aliphatic heterocycles. The van der Waals surface area contributed by atoms with E-state index in [1.54, 1.807) is 18.3 Å². The van der Waals surface area contributed by atoms with Crippen LogP contribution in [0.4, 0.5) is 0 Å². The molecule has 1 fully saturated rings. The lowest BCUT2D eigenvalue weighted by Gasteiger charge is -2.19. The van der Waals surface area contributed by atoms with Crippen molar-refractivity contribution in [2.75, 3.05) is 6.54 Å². The molecule has 1 aromatic carbocycles. The monoisotopic (exact) mass is 375 g/mol. The van der Waals surface area contributed by atoms with Gasteiger partial charge in [0.1, 0.15) is 0 Å². The third-order valence-corrected chi connectivity index (χ3v) is 4.57. The number of benzene rings is 1. The fourth-order valence-corrected chi connectivity index (χ4v) is 3.29. The molecule has 2 atom stereocenters. The van der Waals surface area contributed by atoms with Crippen LogP contribution in [0.15, 0.2) is 30.5 Å². The van der Waals surface area contributed by atoms with Gasteiger partial charge in [-0.2, -0.15) is 0 Å². The number of nitrogens with two attached hydrogens (primary N) is 1. The minimum absolute atomic E-state index is 0. The van der Waals surface area contributed by atoms with Crippen LogP contribution < -0.4 is 11.1 Å². The number of fused-ring (bicyclic) bond motifs is 1. The molecule has 1 heterocycles. The Hall–Kier alpha value is -1.07. The summed E-state index contributed by atoms with van der Waals surface area (Å²) >= 11 is 6.16. The smallest absolute Gasteiger partial charge is 0.253 e. The van der Waals surface area contributed by atoms with E-state index in [2.05, 4.69) is 10.3 Å². The molecule has 3 rings (SSSR count). The molecule has 23 heavy (non-hydrogen) atoms. The standard InChI is InChI=1S/C16H18ClN3O.2ClH/c17-13-7-6-12(15-11(13)4-2-8-19-15)16(21)20-14-5-1-3-10(14)9-18;;/h2,4,6-8,10,14H,1,3,5,9,18H2,(H,20,21);2*1H. The number of nitrogens with one attached hydrogen (secondary N) is 1. The molecule has 1 amide bonds. The van der Waals surface area contributed by atoms with Crippen LogP contribution in [-0.2, 0) is 0 Å². The normalized spacial score (nSPS) is 19.7. The van der Waals surface area contributed by atoms with Gasteiger partial charge in [-0.05, 0) is 49.6 Å². The van der Waals surface area contributed by atoms with E-state index in [-0.39, 0.29) is 36.8 Å². The van der Waals surface area contributed by atoms with E-state index in [0.717, 1.165) is 24.6 Å². The minimum atomic E-state index is -0.0966. The number of nitrogens with zero attached hydrogens (tertiary/aromatic N) is 1. The summed E-state index contributed by atoms with van der Waals surface area (Å²) in [6, 6.07) is 7.34. The Labute approximate surface area is 153 Å². The average Bonchev–Trinajstić information content (AvgIpc) is 2.95. The molecule has 0 bridgehead atoms. The SMILES string of the molecule is Cl.Cl.NCC1CCCC1NC(=O)c1ccc(Cl)c2cccnc12. The average molecular weight is 377 g/mol. The topological polar surface area (TPSA) is 68.0 Å². The predicted octanol–water partition coefficient (Wildman–Crippen LogP) is 3.59. The maximum absolute atomic E-state index is 12.6. The summed E-state index contributed by atoms with van der Waals surface area (Å²) in [5.74, 6) is 0.279. The molecule has 0 radical (unpaired) electrons. The van der Waals surface area contributed by atoms with Gasteiger partial charge in [0.25, 0.3) is 5.91 Å². The van der Waals surface area contributed by atoms with Crippen molar-refractivity contribution in [2.24, 2.45) is 11.7 Å². The number of hydrogen-bond donors (Lipinski definition) is 2. The molecular weight excluding hydrogens is 357 g/mol. The first-order valence-corrected chi connectivity index (χ1v) is 7.62. The van der Waals surface area contributed by atoms with Gasteiger partial charge in [0.05, 0.1) is 16.1 Å². The molecular formula is C16H20Cl3N3O. The van der Waals surface area contributed by atoms with Crippen LogP contribution in [0, 0.1) is 5.92 Å². The van der Waals surface area contributed by atoms with Gasteiger partial charge in [0.15, 0.2) is 0 Å². The van der Waals surface area contributed by atoms with E-state index in [9.17, 15) is 4.79 Å². The Morgan fingerprint density at radius 2 is 2.09 bits per heavy atom. The number of aromatic nitrogens is 1. The largest absolute Gasteiger partial charge is 0.349 e. The Bertz CT molecular complexity index is 681. The highest BCUT2D eigenvalue weighted by molar-refractivity contribution is 6.36. The van der Waals surface area contributed by atoms with Crippen LogP contribution in [0.3, 0.4) is 0 Å². The van der Waals surface area contributed by atoms with E-state index < -0.39 is 0 Å². The Kier molecular flexibility index (Phi) is 7.55. The predicted molar refractivity (Wildman–Crippen MR) is 98.9 cm³/mol. The number of hydrogen-bond acceptors (Lipinski definition) is 3. The van der Waals surface area contributed by atoms with Crippen molar-refractivity contribution in [3.8, 4) is 0 Å². The maximum Gasteiger partial charge on any atom is 0.253 e. The highest BCUT2D eigenvalue weighted by Crippen LogP contribution is 2.27. The second-order valence-electron chi connectivity index (χ2n) is 5.50. The third-order valence-electron chi connectivity index (χ3n) is 4.24. The van der Waals surface area contributed by atoms with Crippen molar-refractivity contribution >= 4 is 53.2 Å². The summed E-state index contributed by atoms with van der Waals surface area (Å²) in [6.45, 7) is 0.616. The molecule has 2 unspecified atom stereocenters. The summed E-state index contributed by atoms with van der Waals surface area (Å²) in [5, 5.41) is 4.51. The Balaban J connectivity index is 0.00000132. The Morgan fingerprint density at radius 3 is 2.83 bits per heavy atom. The summed E-state index contributed by atoms with van der Waals surface area (Å²) in [7, 11) is 0. The maximum atomic E-state index is 12.6. The van der Waals surface area contributed by atoms with Crippen LogP contribution in [0.25, 0.3) is 10.9 Å². The molecule has 0 saturated heterocycles. The number of halogens is 3. The number of rotatable bonds is 3. The van der Waals surface area contributed by atoms with Crippen molar-refractivity contribution in [1.29, 1.82) is 0 Å². The van der Waals surface area contributed by atoms with E-state index in [1.807, 2.05) is 12.1 Å². The van der Waals surface area contributed by atoms with Gasteiger partial charge in [-0.3, -0.25) is 9.78 Å². The molecule has 3 N–H and O–H groups in total. The van der Waals surface area contributed by atoms with Crippen LogP contribution in [0.1, 0.15) is 29.6 Å². The second kappa shape index (κ2) is 8.69. The lowest BCUT2D eigenvalue weighted by molar-refractivity contribution is 0.0930. The van der Waals surface area contributed by atoms with Crippen LogP contribution in [0.2, 0.25) is 5.02 Å². The lowest BCUT2D eigenvalue weighted by atomic mass is 10.0. The molecule has 1 aliphatic rings. The first-order valence-electron chi connectivity index (χ1n) is 7.25. The highest BCUT2D eigenvalue weighted by Gasteiger charge is 2.28. The first kappa shape index (κ1) is 20.0. The molecule has 1 aromatic heterocycles. The zero-order valence-electron chi connectivity index (χ0n) is 12.5. The van der Waals surface area contributed by atoms with Crippen LogP contribution in [0.5, 0.6) is 0 Å². The van der Waals surface area contributed by atoms with Crippen molar-refractivity contribution in [3.63, 3.8) is 0 Å². The molecule has 7 heteroatoms. The molecule has 1 aliphatic carbocycles. The van der Waals surface area contributed by atoms with Gasteiger partial charge in [-0.15, -0.1) is 24.8 Å². The number of carbonyl (C=O) groups is 1. The second-order valence-corrected chi connectivity index (χ2v) is 5.91. The quantitative estimate of drug-likeness (QED) is 0.860. The summed E-state index contributed by atoms with van der Waals surface area (Å²) in [6.07, 6.45) is 4.87. The number of pyridine rings is 1. The molecule has 4 nitrogen and oxygen atoms in total. The summed E-state index contributed by atoms with van der Waals surface area (Å²) < 4.78 is 0. The van der Waals surface area contributed by atoms with E-state index in [0.29, 0.717) is 28.6 Å². The van der Waals surface area contributed by atoms with E-state index in [4.69, 9.17) is 17.3 Å². The van der Waals surface area contributed by atoms with Gasteiger partial charge in [-0.25, -0.2) is 0 Å². The van der Waals surface area contributed by atoms with Gasteiger partial charge in [-0.1, -0.05) is 18.0 Å². The Morgan fingerprint density at radius 1 is 1.30 bits per heavy atom. The van der Waals surface area contributed by atoms with E-state index >= 15 is 0 Å². The fraction of sp³-hybridized carbons (Fsp3) is 0.375. The van der Waals surface area contributed by atoms with E-state index in [1.165, 1.54) is 0 Å². The van der Waals surface area contributed by atoms with Gasteiger partial charge in [0.2, 0.25) is 0 Å². The number of carbonyl (C=O) groups excluding carboxylic acids is 1. The van der Waals surface area contributed by atoms with Crippen molar-refractivity contribution in [1.82, 2.24) is 10.3 Å². The van der Waals surface area contributed by atoms with Crippen molar-refractivity contribution < 1.29 is 4.79 Å². The van der Waals surface area contributed by atoms with Gasteiger partial charge >= 0.3 is 0 Å². The fourth-order valence-electron chi connectivity index (χ4n) is 3.08. The van der Waals surface area contributed by atoms with Gasteiger partial charge < -0.3 is 11.1 Å². The first-order chi connectivity index (χ1) is 10.2. The summed E-state index contributed by atoms with van der Waals surface area (Å²) in [4.78, 5) is 16.9. The van der Waals surface area contributed by atoms with Crippen LogP contribution in [-0.4, -0.2) is 23.5 Å². The van der Waals surface area contributed by atoms with Gasteiger partial charge in [0, 0.05) is 17.6 Å². The zero-order valence-corrected chi connectivity index (χ0v) is 14.9. The van der Waals surface area contributed by atoms with Crippen LogP contribution >= 0.6 is 36.4 Å². The molecule has 1 saturated carbocycles. The molecule has 2 aromatic rings. The lowest BCUT2D eigenvalue weighted by Crippen LogP contribution is -2.39. The molecule has 0 spiro atoms. The third kappa shape index (κ3) is 4.07. The minimum Gasteiger partial charge on any atom is -0.349 e.